The monoisotopic (exact) mass is 310 g/mol. The van der Waals surface area contributed by atoms with Crippen LogP contribution in [0.3, 0.4) is 0 Å². The highest BCUT2D eigenvalue weighted by Crippen LogP contribution is 2.40. The van der Waals surface area contributed by atoms with Crippen molar-refractivity contribution in [3.8, 4) is 0 Å². The number of nitrogens with zero attached hydrogens (tertiary/aromatic N) is 2. The topological polar surface area (TPSA) is 34.9 Å². The van der Waals surface area contributed by atoms with Crippen LogP contribution in [-0.4, -0.2) is 15.6 Å². The zero-order valence-electron chi connectivity index (χ0n) is 13.9. The number of ketones is 1. The smallest absolute Gasteiger partial charge is 0.140 e. The highest BCUT2D eigenvalue weighted by molar-refractivity contribution is 6.30. The van der Waals surface area contributed by atoms with Crippen LogP contribution in [0.1, 0.15) is 57.7 Å². The van der Waals surface area contributed by atoms with E-state index in [0.717, 1.165) is 30.0 Å². The Kier molecular flexibility index (Phi) is 4.82. The standard InChI is InChI=1S/C17H27ClN2O/c1-11-14(16(18)20(5)19-11)10-15(21)12-6-8-13(9-7-12)17(2,3)4/h12-13H,6-10H2,1-5H3. The van der Waals surface area contributed by atoms with E-state index in [2.05, 4.69) is 25.9 Å². The maximum absolute atomic E-state index is 12.5. The molecule has 0 amide bonds. The molecule has 3 nitrogen and oxygen atoms in total. The Morgan fingerprint density at radius 1 is 1.29 bits per heavy atom. The normalized spacial score (nSPS) is 23.3. The van der Waals surface area contributed by atoms with Gasteiger partial charge < -0.3 is 0 Å². The van der Waals surface area contributed by atoms with Gasteiger partial charge in [0.15, 0.2) is 0 Å². The zero-order valence-corrected chi connectivity index (χ0v) is 14.6. The summed E-state index contributed by atoms with van der Waals surface area (Å²) in [6, 6.07) is 0. The molecule has 1 aliphatic carbocycles. The summed E-state index contributed by atoms with van der Waals surface area (Å²) in [7, 11) is 1.82. The number of aryl methyl sites for hydroxylation is 2. The summed E-state index contributed by atoms with van der Waals surface area (Å²) in [6.45, 7) is 8.83. The fourth-order valence-electron chi connectivity index (χ4n) is 3.47. The second kappa shape index (κ2) is 6.12. The molecular weight excluding hydrogens is 284 g/mol. The van der Waals surface area contributed by atoms with Gasteiger partial charge in [0.05, 0.1) is 5.69 Å². The van der Waals surface area contributed by atoms with Crippen LogP contribution >= 0.6 is 11.6 Å². The zero-order chi connectivity index (χ0) is 15.8. The Bertz CT molecular complexity index is 520. The van der Waals surface area contributed by atoms with Crippen LogP contribution in [0, 0.1) is 24.2 Å². The van der Waals surface area contributed by atoms with Gasteiger partial charge in [-0.1, -0.05) is 32.4 Å². The molecule has 0 atom stereocenters. The molecule has 1 aromatic rings. The van der Waals surface area contributed by atoms with E-state index in [1.54, 1.807) is 4.68 Å². The van der Waals surface area contributed by atoms with Crippen LogP contribution in [0.15, 0.2) is 0 Å². The van der Waals surface area contributed by atoms with Gasteiger partial charge in [-0.25, -0.2) is 0 Å². The van der Waals surface area contributed by atoms with Crippen LogP contribution in [0.5, 0.6) is 0 Å². The molecule has 4 heteroatoms. The van der Waals surface area contributed by atoms with E-state index in [9.17, 15) is 4.79 Å². The van der Waals surface area contributed by atoms with Gasteiger partial charge in [-0.2, -0.15) is 5.10 Å². The van der Waals surface area contributed by atoms with Crippen molar-refractivity contribution in [2.45, 2.75) is 59.8 Å². The van der Waals surface area contributed by atoms with E-state index in [-0.39, 0.29) is 5.92 Å². The van der Waals surface area contributed by atoms with Crippen molar-refractivity contribution < 1.29 is 4.79 Å². The molecule has 118 valence electrons. The molecular formula is C17H27ClN2O. The Labute approximate surface area is 133 Å². The van der Waals surface area contributed by atoms with E-state index in [4.69, 9.17) is 11.6 Å². The highest BCUT2D eigenvalue weighted by atomic mass is 35.5. The van der Waals surface area contributed by atoms with Crippen LogP contribution < -0.4 is 0 Å². The van der Waals surface area contributed by atoms with E-state index in [0.29, 0.717) is 22.8 Å². The minimum Gasteiger partial charge on any atom is -0.299 e. The lowest BCUT2D eigenvalue weighted by Crippen LogP contribution is -2.29. The number of halogens is 1. The van der Waals surface area contributed by atoms with Crippen molar-refractivity contribution in [2.75, 3.05) is 0 Å². The van der Waals surface area contributed by atoms with Gasteiger partial charge in [-0.15, -0.1) is 0 Å². The number of Topliss-reactive ketones (excluding diaryl/α,β-unsaturated/α-hetero) is 1. The molecule has 1 aromatic heterocycles. The van der Waals surface area contributed by atoms with Gasteiger partial charge in [-0.05, 0) is 43.9 Å². The molecule has 1 aliphatic rings. The van der Waals surface area contributed by atoms with Crippen LogP contribution in [0.25, 0.3) is 0 Å². The number of hydrogen-bond acceptors (Lipinski definition) is 2. The quantitative estimate of drug-likeness (QED) is 0.832. The molecule has 0 radical (unpaired) electrons. The molecule has 1 saturated carbocycles. The van der Waals surface area contributed by atoms with Gasteiger partial charge >= 0.3 is 0 Å². The fourth-order valence-corrected chi connectivity index (χ4v) is 3.72. The third-order valence-corrected chi connectivity index (χ3v) is 5.50. The first-order valence-electron chi connectivity index (χ1n) is 7.90. The SMILES string of the molecule is Cc1nn(C)c(Cl)c1CC(=O)C1CCC(C(C)(C)C)CC1. The number of hydrogen-bond donors (Lipinski definition) is 0. The van der Waals surface area contributed by atoms with E-state index < -0.39 is 0 Å². The summed E-state index contributed by atoms with van der Waals surface area (Å²) in [5.41, 5.74) is 2.14. The van der Waals surface area contributed by atoms with E-state index >= 15 is 0 Å². The third-order valence-electron chi connectivity index (χ3n) is 5.03. The first kappa shape index (κ1) is 16.5. The number of rotatable bonds is 3. The Balaban J connectivity index is 1.97. The van der Waals surface area contributed by atoms with Crippen molar-refractivity contribution in [1.29, 1.82) is 0 Å². The minimum absolute atomic E-state index is 0.208. The first-order valence-corrected chi connectivity index (χ1v) is 8.28. The summed E-state index contributed by atoms with van der Waals surface area (Å²) >= 11 is 6.23. The lowest BCUT2D eigenvalue weighted by atomic mass is 9.69. The molecule has 0 unspecified atom stereocenters. The molecule has 21 heavy (non-hydrogen) atoms. The minimum atomic E-state index is 0.208. The van der Waals surface area contributed by atoms with Crippen molar-refractivity contribution in [2.24, 2.45) is 24.3 Å². The molecule has 0 aliphatic heterocycles. The number of carbonyl (C=O) groups excluding carboxylic acids is 1. The van der Waals surface area contributed by atoms with Crippen molar-refractivity contribution in [1.82, 2.24) is 9.78 Å². The van der Waals surface area contributed by atoms with Crippen molar-refractivity contribution in [3.05, 3.63) is 16.4 Å². The molecule has 0 saturated heterocycles. The Morgan fingerprint density at radius 3 is 2.29 bits per heavy atom. The predicted octanol–water partition coefficient (Wildman–Crippen LogP) is 4.35. The molecule has 0 spiro atoms. The number of carbonyl (C=O) groups is 1. The van der Waals surface area contributed by atoms with Gasteiger partial charge in [-0.3, -0.25) is 9.48 Å². The van der Waals surface area contributed by atoms with E-state index in [1.165, 1.54) is 12.8 Å². The second-order valence-electron chi connectivity index (χ2n) is 7.54. The van der Waals surface area contributed by atoms with Gasteiger partial charge in [0.2, 0.25) is 0 Å². The fraction of sp³-hybridized carbons (Fsp3) is 0.765. The molecule has 1 heterocycles. The summed E-state index contributed by atoms with van der Waals surface area (Å²) in [5, 5.41) is 4.89. The van der Waals surface area contributed by atoms with Gasteiger partial charge in [0.25, 0.3) is 0 Å². The van der Waals surface area contributed by atoms with Crippen LogP contribution in [-0.2, 0) is 18.3 Å². The summed E-state index contributed by atoms with van der Waals surface area (Å²) < 4.78 is 1.65. The summed E-state index contributed by atoms with van der Waals surface area (Å²) in [6.07, 6.45) is 4.82. The molecule has 2 rings (SSSR count). The average molecular weight is 311 g/mol. The average Bonchev–Trinajstić information content (AvgIpc) is 2.64. The maximum Gasteiger partial charge on any atom is 0.140 e. The molecule has 0 N–H and O–H groups in total. The van der Waals surface area contributed by atoms with Gasteiger partial charge in [0.1, 0.15) is 10.9 Å². The summed E-state index contributed by atoms with van der Waals surface area (Å²) in [5.74, 6) is 1.28. The second-order valence-corrected chi connectivity index (χ2v) is 7.89. The predicted molar refractivity (Wildman–Crippen MR) is 86.6 cm³/mol. The van der Waals surface area contributed by atoms with Crippen LogP contribution in [0.2, 0.25) is 5.15 Å². The number of aromatic nitrogens is 2. The largest absolute Gasteiger partial charge is 0.299 e. The van der Waals surface area contributed by atoms with Gasteiger partial charge in [0, 0.05) is 24.9 Å². The third kappa shape index (κ3) is 3.68. The maximum atomic E-state index is 12.5. The van der Waals surface area contributed by atoms with Crippen molar-refractivity contribution in [3.63, 3.8) is 0 Å². The molecule has 0 bridgehead atoms. The molecule has 0 aromatic carbocycles. The van der Waals surface area contributed by atoms with Crippen LogP contribution in [0.4, 0.5) is 0 Å². The lowest BCUT2D eigenvalue weighted by Gasteiger charge is -2.36. The Hall–Kier alpha value is -0.830. The lowest BCUT2D eigenvalue weighted by molar-refractivity contribution is -0.123. The van der Waals surface area contributed by atoms with Crippen molar-refractivity contribution >= 4 is 17.4 Å². The summed E-state index contributed by atoms with van der Waals surface area (Å²) in [4.78, 5) is 12.5. The molecule has 1 fully saturated rings. The first-order chi connectivity index (χ1) is 9.70. The van der Waals surface area contributed by atoms with E-state index in [1.807, 2.05) is 14.0 Å². The Morgan fingerprint density at radius 2 is 1.86 bits per heavy atom. The highest BCUT2D eigenvalue weighted by Gasteiger charge is 2.32.